The molecule has 1 aliphatic rings. The third kappa shape index (κ3) is 2.40. The van der Waals surface area contributed by atoms with E-state index < -0.39 is 0 Å². The van der Waals surface area contributed by atoms with Gasteiger partial charge < -0.3 is 0 Å². The molecule has 0 fully saturated rings. The Morgan fingerprint density at radius 3 is 3.11 bits per heavy atom. The van der Waals surface area contributed by atoms with Crippen molar-refractivity contribution in [3.8, 4) is 6.07 Å². The summed E-state index contributed by atoms with van der Waals surface area (Å²) in [5.74, 6) is -0.374. The summed E-state index contributed by atoms with van der Waals surface area (Å²) in [5.41, 5.74) is 2.09. The highest BCUT2D eigenvalue weighted by Gasteiger charge is 2.18. The molecule has 1 aromatic carbocycles. The van der Waals surface area contributed by atoms with Gasteiger partial charge in [0.1, 0.15) is 11.9 Å². The maximum absolute atomic E-state index is 14.0. The zero-order chi connectivity index (χ0) is 13.2. The van der Waals surface area contributed by atoms with Crippen molar-refractivity contribution in [1.29, 1.82) is 5.26 Å². The van der Waals surface area contributed by atoms with E-state index in [1.807, 2.05) is 6.07 Å². The number of thiophene rings is 1. The van der Waals surface area contributed by atoms with E-state index in [1.165, 1.54) is 16.5 Å². The standard InChI is InChI=1S/C15H13FN2S/c16-15-11(8-17)2-1-3-13(15)10-18-6-4-14-12(9-18)5-7-19-14/h1-3,5,7H,4,6,9-10H2. The Labute approximate surface area is 115 Å². The molecule has 2 heterocycles. The first-order valence-electron chi connectivity index (χ1n) is 6.23. The zero-order valence-corrected chi connectivity index (χ0v) is 11.2. The lowest BCUT2D eigenvalue weighted by Crippen LogP contribution is -2.29. The van der Waals surface area contributed by atoms with Gasteiger partial charge in [-0.2, -0.15) is 5.26 Å². The fourth-order valence-corrected chi connectivity index (χ4v) is 3.36. The normalized spacial score (nSPS) is 14.9. The first kappa shape index (κ1) is 12.3. The second-order valence-electron chi connectivity index (χ2n) is 4.72. The summed E-state index contributed by atoms with van der Waals surface area (Å²) in [5, 5.41) is 11.0. The first-order valence-corrected chi connectivity index (χ1v) is 7.11. The number of nitriles is 1. The molecule has 0 radical (unpaired) electrons. The molecule has 96 valence electrons. The molecule has 2 nitrogen and oxygen atoms in total. The second kappa shape index (κ2) is 5.12. The quantitative estimate of drug-likeness (QED) is 0.838. The van der Waals surface area contributed by atoms with E-state index in [2.05, 4.69) is 16.3 Å². The molecule has 1 aliphatic heterocycles. The van der Waals surface area contributed by atoms with Crippen LogP contribution in [0.4, 0.5) is 4.39 Å². The number of hydrogen-bond acceptors (Lipinski definition) is 3. The summed E-state index contributed by atoms with van der Waals surface area (Å²) in [6, 6.07) is 9.07. The summed E-state index contributed by atoms with van der Waals surface area (Å²) >= 11 is 1.80. The highest BCUT2D eigenvalue weighted by molar-refractivity contribution is 7.10. The number of fused-ring (bicyclic) bond motifs is 1. The first-order chi connectivity index (χ1) is 9.28. The molecule has 0 bridgehead atoms. The summed E-state index contributed by atoms with van der Waals surface area (Å²) in [7, 11) is 0. The summed E-state index contributed by atoms with van der Waals surface area (Å²) < 4.78 is 14.0. The van der Waals surface area contributed by atoms with Crippen molar-refractivity contribution >= 4 is 11.3 Å². The molecule has 2 aromatic rings. The Kier molecular flexibility index (Phi) is 3.33. The van der Waals surface area contributed by atoms with Gasteiger partial charge in [-0.1, -0.05) is 12.1 Å². The van der Waals surface area contributed by atoms with E-state index in [-0.39, 0.29) is 11.4 Å². The third-order valence-electron chi connectivity index (χ3n) is 3.48. The monoisotopic (exact) mass is 272 g/mol. The molecule has 1 aromatic heterocycles. The molecule has 0 saturated heterocycles. The van der Waals surface area contributed by atoms with Gasteiger partial charge in [0.15, 0.2) is 0 Å². The van der Waals surface area contributed by atoms with E-state index in [0.29, 0.717) is 12.1 Å². The number of halogens is 1. The van der Waals surface area contributed by atoms with Crippen LogP contribution < -0.4 is 0 Å². The van der Waals surface area contributed by atoms with Crippen molar-refractivity contribution in [2.45, 2.75) is 19.5 Å². The van der Waals surface area contributed by atoms with Crippen molar-refractivity contribution in [1.82, 2.24) is 4.90 Å². The van der Waals surface area contributed by atoms with Gasteiger partial charge in [0.2, 0.25) is 0 Å². The molecule has 3 rings (SSSR count). The van der Waals surface area contributed by atoms with E-state index in [0.717, 1.165) is 19.5 Å². The van der Waals surface area contributed by atoms with Gasteiger partial charge in [-0.15, -0.1) is 11.3 Å². The molecule has 0 saturated carbocycles. The molecular weight excluding hydrogens is 259 g/mol. The van der Waals surface area contributed by atoms with E-state index in [1.54, 1.807) is 23.5 Å². The predicted molar refractivity (Wildman–Crippen MR) is 73.3 cm³/mol. The van der Waals surface area contributed by atoms with Crippen LogP contribution in [0.5, 0.6) is 0 Å². The highest BCUT2D eigenvalue weighted by atomic mass is 32.1. The molecule has 0 unspecified atom stereocenters. The van der Waals surface area contributed by atoms with Crippen LogP contribution in [-0.2, 0) is 19.5 Å². The number of benzene rings is 1. The van der Waals surface area contributed by atoms with E-state index in [4.69, 9.17) is 5.26 Å². The highest BCUT2D eigenvalue weighted by Crippen LogP contribution is 2.25. The second-order valence-corrected chi connectivity index (χ2v) is 5.72. The Morgan fingerprint density at radius 1 is 1.37 bits per heavy atom. The van der Waals surface area contributed by atoms with Gasteiger partial charge in [-0.3, -0.25) is 4.90 Å². The van der Waals surface area contributed by atoms with Crippen molar-refractivity contribution in [3.63, 3.8) is 0 Å². The van der Waals surface area contributed by atoms with Gasteiger partial charge in [0.25, 0.3) is 0 Å². The van der Waals surface area contributed by atoms with Crippen LogP contribution in [0.2, 0.25) is 0 Å². The lowest BCUT2D eigenvalue weighted by atomic mass is 10.1. The summed E-state index contributed by atoms with van der Waals surface area (Å²) in [6.07, 6.45) is 1.03. The smallest absolute Gasteiger partial charge is 0.145 e. The fraction of sp³-hybridized carbons (Fsp3) is 0.267. The number of nitrogens with zero attached hydrogens (tertiary/aromatic N) is 2. The average molecular weight is 272 g/mol. The molecule has 0 N–H and O–H groups in total. The Bertz CT molecular complexity index is 642. The SMILES string of the molecule is N#Cc1cccc(CN2CCc3sccc3C2)c1F. The molecule has 0 aliphatic carbocycles. The van der Waals surface area contributed by atoms with Crippen molar-refractivity contribution in [2.24, 2.45) is 0 Å². The molecule has 0 atom stereocenters. The minimum atomic E-state index is -0.374. The van der Waals surface area contributed by atoms with Gasteiger partial charge in [0.05, 0.1) is 5.56 Å². The maximum atomic E-state index is 14.0. The minimum Gasteiger partial charge on any atom is -0.294 e. The third-order valence-corrected chi connectivity index (χ3v) is 4.50. The maximum Gasteiger partial charge on any atom is 0.145 e. The Hall–Kier alpha value is -1.70. The van der Waals surface area contributed by atoms with Crippen LogP contribution in [0.15, 0.2) is 29.6 Å². The lowest BCUT2D eigenvalue weighted by molar-refractivity contribution is 0.244. The largest absolute Gasteiger partial charge is 0.294 e. The van der Waals surface area contributed by atoms with Gasteiger partial charge >= 0.3 is 0 Å². The molecule has 4 heteroatoms. The average Bonchev–Trinajstić information content (AvgIpc) is 2.88. The molecule has 0 spiro atoms. The van der Waals surface area contributed by atoms with Crippen LogP contribution in [-0.4, -0.2) is 11.4 Å². The lowest BCUT2D eigenvalue weighted by Gasteiger charge is -2.27. The minimum absolute atomic E-state index is 0.130. The van der Waals surface area contributed by atoms with Crippen LogP contribution in [0.3, 0.4) is 0 Å². The molecule has 19 heavy (non-hydrogen) atoms. The van der Waals surface area contributed by atoms with Crippen molar-refractivity contribution in [2.75, 3.05) is 6.54 Å². The van der Waals surface area contributed by atoms with Crippen molar-refractivity contribution in [3.05, 3.63) is 57.0 Å². The number of hydrogen-bond donors (Lipinski definition) is 0. The Morgan fingerprint density at radius 2 is 2.26 bits per heavy atom. The van der Waals surface area contributed by atoms with Crippen LogP contribution in [0.1, 0.15) is 21.6 Å². The summed E-state index contributed by atoms with van der Waals surface area (Å²) in [4.78, 5) is 3.68. The van der Waals surface area contributed by atoms with Gasteiger partial charge in [-0.25, -0.2) is 4.39 Å². The fourth-order valence-electron chi connectivity index (χ4n) is 2.47. The topological polar surface area (TPSA) is 27.0 Å². The predicted octanol–water partition coefficient (Wildman–Crippen LogP) is 3.32. The van der Waals surface area contributed by atoms with Crippen molar-refractivity contribution < 1.29 is 4.39 Å². The molecule has 0 amide bonds. The number of rotatable bonds is 2. The van der Waals surface area contributed by atoms with E-state index >= 15 is 0 Å². The van der Waals surface area contributed by atoms with Crippen LogP contribution >= 0.6 is 11.3 Å². The summed E-state index contributed by atoms with van der Waals surface area (Å²) in [6.45, 7) is 2.38. The van der Waals surface area contributed by atoms with Crippen LogP contribution in [0, 0.1) is 17.1 Å². The zero-order valence-electron chi connectivity index (χ0n) is 10.4. The van der Waals surface area contributed by atoms with Gasteiger partial charge in [0, 0.05) is 30.1 Å². The molecular formula is C15H13FN2S. The van der Waals surface area contributed by atoms with Gasteiger partial charge in [-0.05, 0) is 29.5 Å². The van der Waals surface area contributed by atoms with E-state index in [9.17, 15) is 4.39 Å². The Balaban J connectivity index is 1.79. The van der Waals surface area contributed by atoms with Crippen LogP contribution in [0.25, 0.3) is 0 Å².